The first-order chi connectivity index (χ1) is 8.84. The fourth-order valence-corrected chi connectivity index (χ4v) is 2.30. The van der Waals surface area contributed by atoms with Gasteiger partial charge in [-0.2, -0.15) is 0 Å². The van der Waals surface area contributed by atoms with E-state index in [1.807, 2.05) is 0 Å². The molecule has 0 bridgehead atoms. The number of hydrogen-bond acceptors (Lipinski definition) is 1. The molecule has 1 saturated carbocycles. The molecule has 1 N–H and O–H groups in total. The summed E-state index contributed by atoms with van der Waals surface area (Å²) in [7, 11) is 0. The van der Waals surface area contributed by atoms with Crippen LogP contribution in [-0.4, -0.2) is 11.1 Å². The molecule has 1 aliphatic carbocycles. The maximum atomic E-state index is 13.7. The molecule has 0 amide bonds. The molecule has 7 heteroatoms. The Bertz CT molecular complexity index is 514. The Morgan fingerprint density at radius 3 is 2.00 bits per heavy atom. The minimum atomic E-state index is -1.69. The van der Waals surface area contributed by atoms with Crippen LogP contribution in [0.5, 0.6) is 0 Å². The lowest BCUT2D eigenvalue weighted by Crippen LogP contribution is -2.15. The molecule has 1 unspecified atom stereocenters. The van der Waals surface area contributed by atoms with Gasteiger partial charge in [-0.3, -0.25) is 4.79 Å². The monoisotopic (exact) mass is 296 g/mol. The largest absolute Gasteiger partial charge is 0.481 e. The van der Waals surface area contributed by atoms with E-state index < -0.39 is 52.2 Å². The second kappa shape index (κ2) is 5.00. The van der Waals surface area contributed by atoms with Gasteiger partial charge in [-0.1, -0.05) is 11.6 Å². The average molecular weight is 297 g/mol. The summed E-state index contributed by atoms with van der Waals surface area (Å²) in [5.74, 6) is -9.24. The first-order valence-electron chi connectivity index (χ1n) is 5.57. The van der Waals surface area contributed by atoms with Crippen molar-refractivity contribution in [2.45, 2.75) is 25.2 Å². The summed E-state index contributed by atoms with van der Waals surface area (Å²) in [5, 5.41) is 7.48. The van der Waals surface area contributed by atoms with Crippen LogP contribution >= 0.6 is 11.6 Å². The minimum absolute atomic E-state index is 0.278. The van der Waals surface area contributed by atoms with Gasteiger partial charge in [-0.25, -0.2) is 17.6 Å². The lowest BCUT2D eigenvalue weighted by Gasteiger charge is -2.17. The SMILES string of the molecule is O=C(O)CC(c1c(F)c(F)c(Cl)c(F)c1F)C1CC1. The molecule has 0 heterocycles. The van der Waals surface area contributed by atoms with E-state index in [2.05, 4.69) is 0 Å². The van der Waals surface area contributed by atoms with Gasteiger partial charge >= 0.3 is 5.97 Å². The summed E-state index contributed by atoms with van der Waals surface area (Å²) < 4.78 is 54.2. The summed E-state index contributed by atoms with van der Waals surface area (Å²) in [4.78, 5) is 10.7. The molecule has 2 nitrogen and oxygen atoms in total. The van der Waals surface area contributed by atoms with Crippen molar-refractivity contribution in [1.82, 2.24) is 0 Å². The van der Waals surface area contributed by atoms with Gasteiger partial charge in [0.1, 0.15) is 5.02 Å². The first-order valence-corrected chi connectivity index (χ1v) is 5.95. The maximum Gasteiger partial charge on any atom is 0.303 e. The van der Waals surface area contributed by atoms with E-state index in [0.717, 1.165) is 0 Å². The van der Waals surface area contributed by atoms with E-state index in [0.29, 0.717) is 12.8 Å². The number of halogens is 5. The van der Waals surface area contributed by atoms with Crippen LogP contribution in [-0.2, 0) is 4.79 Å². The zero-order valence-corrected chi connectivity index (χ0v) is 10.3. The topological polar surface area (TPSA) is 37.3 Å². The Kier molecular flexibility index (Phi) is 3.71. The Morgan fingerprint density at radius 1 is 1.16 bits per heavy atom. The van der Waals surface area contributed by atoms with Crippen molar-refractivity contribution < 1.29 is 27.5 Å². The normalized spacial score (nSPS) is 16.5. The molecular weight excluding hydrogens is 288 g/mol. The predicted molar refractivity (Wildman–Crippen MR) is 59.0 cm³/mol. The lowest BCUT2D eigenvalue weighted by atomic mass is 9.90. The van der Waals surface area contributed by atoms with Crippen LogP contribution in [0, 0.1) is 29.2 Å². The predicted octanol–water partition coefficient (Wildman–Crippen LogP) is 3.86. The van der Waals surface area contributed by atoms with Gasteiger partial charge in [0.15, 0.2) is 23.3 Å². The number of carboxylic acids is 1. The molecule has 2 rings (SSSR count). The zero-order valence-electron chi connectivity index (χ0n) is 9.52. The second-order valence-corrected chi connectivity index (χ2v) is 4.90. The molecule has 1 fully saturated rings. The van der Waals surface area contributed by atoms with Gasteiger partial charge in [-0.15, -0.1) is 0 Å². The van der Waals surface area contributed by atoms with E-state index in [1.165, 1.54) is 0 Å². The van der Waals surface area contributed by atoms with Crippen molar-refractivity contribution in [2.75, 3.05) is 0 Å². The van der Waals surface area contributed by atoms with Crippen LogP contribution in [0.25, 0.3) is 0 Å². The molecule has 19 heavy (non-hydrogen) atoms. The van der Waals surface area contributed by atoms with E-state index in [9.17, 15) is 22.4 Å². The summed E-state index contributed by atoms with van der Waals surface area (Å²) in [5.41, 5.74) is -0.857. The number of rotatable bonds is 4. The average Bonchev–Trinajstić information content (AvgIpc) is 3.16. The molecule has 0 aliphatic heterocycles. The second-order valence-electron chi connectivity index (χ2n) is 4.53. The molecule has 1 aromatic rings. The van der Waals surface area contributed by atoms with Crippen molar-refractivity contribution in [3.63, 3.8) is 0 Å². The lowest BCUT2D eigenvalue weighted by molar-refractivity contribution is -0.137. The number of aliphatic carboxylic acids is 1. The van der Waals surface area contributed by atoms with Crippen LogP contribution in [0.3, 0.4) is 0 Å². The maximum absolute atomic E-state index is 13.7. The van der Waals surface area contributed by atoms with Gasteiger partial charge in [-0.05, 0) is 18.8 Å². The van der Waals surface area contributed by atoms with Crippen molar-refractivity contribution in [3.8, 4) is 0 Å². The molecule has 0 radical (unpaired) electrons. The Hall–Kier alpha value is -1.30. The van der Waals surface area contributed by atoms with Crippen LogP contribution in [0.1, 0.15) is 30.7 Å². The highest BCUT2D eigenvalue weighted by molar-refractivity contribution is 6.30. The first kappa shape index (κ1) is 14.1. The minimum Gasteiger partial charge on any atom is -0.481 e. The molecular formula is C12H9ClF4O2. The molecule has 1 aliphatic rings. The third-order valence-electron chi connectivity index (χ3n) is 3.20. The number of hydrogen-bond donors (Lipinski definition) is 1. The van der Waals surface area contributed by atoms with Gasteiger partial charge in [0.25, 0.3) is 0 Å². The highest BCUT2D eigenvalue weighted by Gasteiger charge is 2.39. The van der Waals surface area contributed by atoms with Crippen LogP contribution in [0.15, 0.2) is 0 Å². The van der Waals surface area contributed by atoms with E-state index in [1.54, 1.807) is 0 Å². The molecule has 0 saturated heterocycles. The number of carbonyl (C=O) groups is 1. The van der Waals surface area contributed by atoms with Crippen molar-refractivity contribution >= 4 is 17.6 Å². The van der Waals surface area contributed by atoms with Crippen LogP contribution in [0.2, 0.25) is 5.02 Å². The van der Waals surface area contributed by atoms with E-state index in [-0.39, 0.29) is 5.92 Å². The molecule has 0 spiro atoms. The molecule has 0 aromatic heterocycles. The fraction of sp³-hybridized carbons (Fsp3) is 0.417. The summed E-state index contributed by atoms with van der Waals surface area (Å²) >= 11 is 5.12. The van der Waals surface area contributed by atoms with E-state index in [4.69, 9.17) is 16.7 Å². The third kappa shape index (κ3) is 2.54. The highest BCUT2D eigenvalue weighted by atomic mass is 35.5. The molecule has 1 aromatic carbocycles. The zero-order chi connectivity index (χ0) is 14.3. The van der Waals surface area contributed by atoms with Gasteiger partial charge < -0.3 is 5.11 Å². The summed E-state index contributed by atoms with van der Waals surface area (Å²) in [6.07, 6.45) is 0.560. The molecule has 1 atom stereocenters. The standard InChI is InChI=1S/C12H9ClF4O2/c13-8-11(16)9(14)7(10(15)12(8)17)5(3-6(18)19)4-1-2-4/h4-5H,1-3H2,(H,18,19). The Labute approximate surface area is 111 Å². The summed E-state index contributed by atoms with van der Waals surface area (Å²) in [6.45, 7) is 0. The van der Waals surface area contributed by atoms with Crippen molar-refractivity contribution in [1.29, 1.82) is 0 Å². The quantitative estimate of drug-likeness (QED) is 0.520. The number of benzene rings is 1. The van der Waals surface area contributed by atoms with Crippen molar-refractivity contribution in [3.05, 3.63) is 33.9 Å². The highest BCUT2D eigenvalue weighted by Crippen LogP contribution is 2.47. The Morgan fingerprint density at radius 2 is 1.63 bits per heavy atom. The van der Waals surface area contributed by atoms with Crippen LogP contribution < -0.4 is 0 Å². The fourth-order valence-electron chi connectivity index (χ4n) is 2.14. The van der Waals surface area contributed by atoms with Crippen molar-refractivity contribution in [2.24, 2.45) is 5.92 Å². The third-order valence-corrected chi connectivity index (χ3v) is 3.53. The van der Waals surface area contributed by atoms with Crippen LogP contribution in [0.4, 0.5) is 17.6 Å². The van der Waals surface area contributed by atoms with Gasteiger partial charge in [0.05, 0.1) is 6.42 Å². The summed E-state index contributed by atoms with van der Waals surface area (Å²) in [6, 6.07) is 0. The smallest absolute Gasteiger partial charge is 0.303 e. The Balaban J connectivity index is 2.56. The van der Waals surface area contributed by atoms with E-state index >= 15 is 0 Å². The molecule has 104 valence electrons. The van der Waals surface area contributed by atoms with Gasteiger partial charge in [0.2, 0.25) is 0 Å². The number of carboxylic acid groups (broad SMARTS) is 1. The van der Waals surface area contributed by atoms with Gasteiger partial charge in [0, 0.05) is 11.5 Å².